The molecule has 0 atom stereocenters. The van der Waals surface area contributed by atoms with Gasteiger partial charge in [-0.1, -0.05) is 48.0 Å². The second kappa shape index (κ2) is 8.92. The largest absolute Gasteiger partial charge is 0.326 e. The first-order valence-corrected chi connectivity index (χ1v) is 10.9. The molecule has 0 bridgehead atoms. The van der Waals surface area contributed by atoms with Gasteiger partial charge in [-0.05, 0) is 61.7 Å². The molecule has 0 unspecified atom stereocenters. The summed E-state index contributed by atoms with van der Waals surface area (Å²) in [6.07, 6.45) is 1.01. The minimum absolute atomic E-state index is 0.113. The second-order valence-electron chi connectivity index (χ2n) is 6.98. The average Bonchev–Trinajstić information content (AvgIpc) is 2.70. The standard InChI is InChI=1S/C23H24N2O3S/c1-17-8-14-22(18(2)16-17)25-29(27,28)21-12-10-20(11-13-21)24-23(26)15-9-19-6-4-3-5-7-19/h3-8,10-14,16,25H,9,15H2,1-2H3,(H,24,26). The fraction of sp³-hybridized carbons (Fsp3) is 0.174. The Morgan fingerprint density at radius 2 is 1.59 bits per heavy atom. The number of carbonyl (C=O) groups is 1. The zero-order valence-electron chi connectivity index (χ0n) is 16.5. The Hall–Kier alpha value is -3.12. The van der Waals surface area contributed by atoms with Gasteiger partial charge in [-0.25, -0.2) is 8.42 Å². The van der Waals surface area contributed by atoms with E-state index in [1.165, 1.54) is 12.1 Å². The quantitative estimate of drug-likeness (QED) is 0.596. The van der Waals surface area contributed by atoms with E-state index in [0.29, 0.717) is 24.2 Å². The summed E-state index contributed by atoms with van der Waals surface area (Å²) in [5, 5.41) is 2.80. The highest BCUT2D eigenvalue weighted by molar-refractivity contribution is 7.92. The van der Waals surface area contributed by atoms with Crippen molar-refractivity contribution in [2.45, 2.75) is 31.6 Å². The summed E-state index contributed by atoms with van der Waals surface area (Å²) < 4.78 is 27.9. The Morgan fingerprint density at radius 1 is 0.897 bits per heavy atom. The normalized spacial score (nSPS) is 11.1. The van der Waals surface area contributed by atoms with Crippen molar-refractivity contribution in [3.8, 4) is 0 Å². The molecule has 0 aliphatic heterocycles. The molecule has 0 heterocycles. The summed E-state index contributed by atoms with van der Waals surface area (Å²) >= 11 is 0. The van der Waals surface area contributed by atoms with Gasteiger partial charge in [0.15, 0.2) is 0 Å². The lowest BCUT2D eigenvalue weighted by atomic mass is 10.1. The molecule has 0 spiro atoms. The van der Waals surface area contributed by atoms with E-state index >= 15 is 0 Å². The highest BCUT2D eigenvalue weighted by atomic mass is 32.2. The Kier molecular flexibility index (Phi) is 6.34. The third kappa shape index (κ3) is 5.68. The van der Waals surface area contributed by atoms with Crippen molar-refractivity contribution in [1.82, 2.24) is 0 Å². The van der Waals surface area contributed by atoms with Crippen molar-refractivity contribution in [2.75, 3.05) is 10.0 Å². The number of rotatable bonds is 7. The smallest absolute Gasteiger partial charge is 0.261 e. The van der Waals surface area contributed by atoms with Gasteiger partial charge in [-0.15, -0.1) is 0 Å². The minimum atomic E-state index is -3.70. The van der Waals surface area contributed by atoms with Crippen LogP contribution in [0.2, 0.25) is 0 Å². The number of aryl methyl sites for hydroxylation is 3. The molecular weight excluding hydrogens is 384 g/mol. The first-order valence-electron chi connectivity index (χ1n) is 9.37. The Morgan fingerprint density at radius 3 is 2.24 bits per heavy atom. The highest BCUT2D eigenvalue weighted by Crippen LogP contribution is 2.22. The van der Waals surface area contributed by atoms with Crippen molar-refractivity contribution in [3.05, 3.63) is 89.5 Å². The monoisotopic (exact) mass is 408 g/mol. The van der Waals surface area contributed by atoms with E-state index < -0.39 is 10.0 Å². The van der Waals surface area contributed by atoms with Crippen LogP contribution in [0, 0.1) is 13.8 Å². The number of carbonyl (C=O) groups excluding carboxylic acids is 1. The van der Waals surface area contributed by atoms with Gasteiger partial charge >= 0.3 is 0 Å². The highest BCUT2D eigenvalue weighted by Gasteiger charge is 2.15. The zero-order chi connectivity index (χ0) is 20.9. The van der Waals surface area contributed by atoms with Crippen LogP contribution >= 0.6 is 0 Å². The van der Waals surface area contributed by atoms with Gasteiger partial charge in [-0.2, -0.15) is 0 Å². The van der Waals surface area contributed by atoms with Gasteiger partial charge in [0, 0.05) is 12.1 Å². The predicted octanol–water partition coefficient (Wildman–Crippen LogP) is 4.68. The fourth-order valence-electron chi connectivity index (χ4n) is 2.98. The first kappa shape index (κ1) is 20.6. The van der Waals surface area contributed by atoms with Crippen molar-refractivity contribution >= 4 is 27.3 Å². The average molecular weight is 409 g/mol. The number of nitrogens with one attached hydrogen (secondary N) is 2. The fourth-order valence-corrected chi connectivity index (χ4v) is 4.11. The van der Waals surface area contributed by atoms with Crippen LogP contribution < -0.4 is 10.0 Å². The first-order chi connectivity index (χ1) is 13.8. The van der Waals surface area contributed by atoms with Gasteiger partial charge in [0.05, 0.1) is 10.6 Å². The third-order valence-electron chi connectivity index (χ3n) is 4.56. The molecule has 150 valence electrons. The van der Waals surface area contributed by atoms with Gasteiger partial charge in [0.2, 0.25) is 5.91 Å². The molecule has 3 aromatic carbocycles. The molecule has 0 aromatic heterocycles. The second-order valence-corrected chi connectivity index (χ2v) is 8.66. The molecule has 29 heavy (non-hydrogen) atoms. The molecule has 0 fully saturated rings. The molecule has 3 aromatic rings. The number of benzene rings is 3. The zero-order valence-corrected chi connectivity index (χ0v) is 17.3. The summed E-state index contributed by atoms with van der Waals surface area (Å²) in [6.45, 7) is 3.82. The maximum Gasteiger partial charge on any atom is 0.261 e. The molecule has 1 amide bonds. The maximum atomic E-state index is 12.6. The summed E-state index contributed by atoms with van der Waals surface area (Å²) in [7, 11) is -3.70. The van der Waals surface area contributed by atoms with Crippen LogP contribution in [0.1, 0.15) is 23.1 Å². The molecule has 6 heteroatoms. The summed E-state index contributed by atoms with van der Waals surface area (Å²) in [5.41, 5.74) is 4.14. The Labute approximate surface area is 171 Å². The molecule has 0 saturated carbocycles. The predicted molar refractivity (Wildman–Crippen MR) is 117 cm³/mol. The van der Waals surface area contributed by atoms with E-state index in [1.807, 2.05) is 56.3 Å². The number of anilines is 2. The van der Waals surface area contributed by atoms with Crippen molar-refractivity contribution in [1.29, 1.82) is 0 Å². The minimum Gasteiger partial charge on any atom is -0.326 e. The van der Waals surface area contributed by atoms with E-state index in [4.69, 9.17) is 0 Å². The molecule has 0 aliphatic rings. The van der Waals surface area contributed by atoms with E-state index in [1.54, 1.807) is 18.2 Å². The molecule has 2 N–H and O–H groups in total. The van der Waals surface area contributed by atoms with E-state index in [2.05, 4.69) is 10.0 Å². The summed E-state index contributed by atoms with van der Waals surface area (Å²) in [5.74, 6) is -0.113. The lowest BCUT2D eigenvalue weighted by Crippen LogP contribution is -2.15. The van der Waals surface area contributed by atoms with Crippen LogP contribution in [-0.2, 0) is 21.2 Å². The van der Waals surface area contributed by atoms with E-state index in [-0.39, 0.29) is 10.8 Å². The van der Waals surface area contributed by atoms with E-state index in [0.717, 1.165) is 16.7 Å². The lowest BCUT2D eigenvalue weighted by Gasteiger charge is -2.12. The molecule has 0 radical (unpaired) electrons. The van der Waals surface area contributed by atoms with Crippen molar-refractivity contribution < 1.29 is 13.2 Å². The SMILES string of the molecule is Cc1ccc(NS(=O)(=O)c2ccc(NC(=O)CCc3ccccc3)cc2)c(C)c1. The third-order valence-corrected chi connectivity index (χ3v) is 5.94. The molecule has 0 aliphatic carbocycles. The van der Waals surface area contributed by atoms with Crippen molar-refractivity contribution in [3.63, 3.8) is 0 Å². The van der Waals surface area contributed by atoms with Gasteiger partial charge in [0.1, 0.15) is 0 Å². The molecule has 0 saturated heterocycles. The number of hydrogen-bond donors (Lipinski definition) is 2. The van der Waals surface area contributed by atoms with Gasteiger partial charge < -0.3 is 5.32 Å². The maximum absolute atomic E-state index is 12.6. The van der Waals surface area contributed by atoms with Crippen LogP contribution in [0.4, 0.5) is 11.4 Å². The topological polar surface area (TPSA) is 75.3 Å². The lowest BCUT2D eigenvalue weighted by molar-refractivity contribution is -0.116. The summed E-state index contributed by atoms with van der Waals surface area (Å²) in [4.78, 5) is 12.3. The van der Waals surface area contributed by atoms with Crippen molar-refractivity contribution in [2.24, 2.45) is 0 Å². The number of sulfonamides is 1. The van der Waals surface area contributed by atoms with Crippen LogP contribution in [0.3, 0.4) is 0 Å². The van der Waals surface area contributed by atoms with Crippen LogP contribution in [0.5, 0.6) is 0 Å². The Balaban J connectivity index is 1.62. The number of amides is 1. The van der Waals surface area contributed by atoms with Gasteiger partial charge in [-0.3, -0.25) is 9.52 Å². The molecule has 3 rings (SSSR count). The molecular formula is C23H24N2O3S. The summed E-state index contributed by atoms with van der Waals surface area (Å²) in [6, 6.07) is 21.5. The van der Waals surface area contributed by atoms with Crippen LogP contribution in [-0.4, -0.2) is 14.3 Å². The number of hydrogen-bond acceptors (Lipinski definition) is 3. The van der Waals surface area contributed by atoms with E-state index in [9.17, 15) is 13.2 Å². The molecule has 5 nitrogen and oxygen atoms in total. The van der Waals surface area contributed by atoms with Crippen LogP contribution in [0.25, 0.3) is 0 Å². The van der Waals surface area contributed by atoms with Crippen LogP contribution in [0.15, 0.2) is 77.7 Å². The van der Waals surface area contributed by atoms with Gasteiger partial charge in [0.25, 0.3) is 10.0 Å². The Bertz CT molecular complexity index is 1090.